The summed E-state index contributed by atoms with van der Waals surface area (Å²) in [6.07, 6.45) is 1.79. The van der Waals surface area contributed by atoms with Gasteiger partial charge in [0.2, 0.25) is 0 Å². The van der Waals surface area contributed by atoms with Gasteiger partial charge < -0.3 is 4.74 Å². The Kier molecular flexibility index (Phi) is 2.74. The fraction of sp³-hybridized carbons (Fsp3) is 0.444. The van der Waals surface area contributed by atoms with Gasteiger partial charge in [0, 0.05) is 6.20 Å². The number of hydrogen-bond donors (Lipinski definition) is 0. The molecule has 0 N–H and O–H groups in total. The molecule has 0 aromatic carbocycles. The zero-order valence-corrected chi connectivity index (χ0v) is 7.66. The van der Waals surface area contributed by atoms with Crippen LogP contribution in [0.25, 0.3) is 0 Å². The van der Waals surface area contributed by atoms with Crippen LogP contribution in [0.1, 0.15) is 19.5 Å². The quantitative estimate of drug-likeness (QED) is 0.603. The van der Waals surface area contributed by atoms with E-state index in [-0.39, 0.29) is 6.10 Å². The molecule has 0 unspecified atom stereocenters. The van der Waals surface area contributed by atoms with Crippen molar-refractivity contribution in [3.05, 3.63) is 18.0 Å². The third-order valence-corrected chi connectivity index (χ3v) is 1.42. The monoisotopic (exact) mass is 161 g/mol. The van der Waals surface area contributed by atoms with Gasteiger partial charge in [0.1, 0.15) is 13.6 Å². The summed E-state index contributed by atoms with van der Waals surface area (Å²) in [5, 5.41) is 0. The molecule has 3 heteroatoms. The van der Waals surface area contributed by atoms with Crippen molar-refractivity contribution in [3.8, 4) is 5.75 Å². The summed E-state index contributed by atoms with van der Waals surface area (Å²) in [5.41, 5.74) is 1.51. The first-order valence-electron chi connectivity index (χ1n) is 3.98. The maximum Gasteiger partial charge on any atom is 0.140 e. The number of ether oxygens (including phenoxy) is 1. The standard InChI is InChI=1S/C9H12BNO/c1-6(2)12-9-4-8(10)5-11-7(9)3/h4-6H,1-3H3. The van der Waals surface area contributed by atoms with Gasteiger partial charge in [-0.25, -0.2) is 0 Å². The van der Waals surface area contributed by atoms with Crippen molar-refractivity contribution in [1.29, 1.82) is 0 Å². The highest BCUT2D eigenvalue weighted by Gasteiger charge is 2.02. The Morgan fingerprint density at radius 2 is 2.17 bits per heavy atom. The molecule has 2 radical (unpaired) electrons. The van der Waals surface area contributed by atoms with E-state index in [1.807, 2.05) is 20.8 Å². The molecule has 1 heterocycles. The fourth-order valence-electron chi connectivity index (χ4n) is 0.901. The first-order valence-corrected chi connectivity index (χ1v) is 3.98. The Morgan fingerprint density at radius 1 is 1.50 bits per heavy atom. The molecule has 1 aromatic rings. The SMILES string of the molecule is [B]c1cnc(C)c(OC(C)C)c1. The molecular weight excluding hydrogens is 149 g/mol. The van der Waals surface area contributed by atoms with Crippen LogP contribution in [0.3, 0.4) is 0 Å². The predicted molar refractivity (Wildman–Crippen MR) is 50.1 cm³/mol. The Labute approximate surface area is 74.4 Å². The average molecular weight is 161 g/mol. The number of rotatable bonds is 2. The molecule has 0 aliphatic rings. The van der Waals surface area contributed by atoms with Gasteiger partial charge in [-0.2, -0.15) is 0 Å². The fourth-order valence-corrected chi connectivity index (χ4v) is 0.901. The zero-order valence-electron chi connectivity index (χ0n) is 7.66. The van der Waals surface area contributed by atoms with Gasteiger partial charge in [-0.3, -0.25) is 4.98 Å². The minimum Gasteiger partial charge on any atom is -0.489 e. The number of aryl methyl sites for hydroxylation is 1. The highest BCUT2D eigenvalue weighted by molar-refractivity contribution is 6.32. The lowest BCUT2D eigenvalue weighted by molar-refractivity contribution is 0.240. The summed E-state index contributed by atoms with van der Waals surface area (Å²) in [4.78, 5) is 4.08. The largest absolute Gasteiger partial charge is 0.489 e. The molecule has 1 aromatic heterocycles. The molecule has 0 saturated carbocycles. The van der Waals surface area contributed by atoms with Crippen molar-refractivity contribution in [2.24, 2.45) is 0 Å². The van der Waals surface area contributed by atoms with Gasteiger partial charge >= 0.3 is 0 Å². The molecule has 0 amide bonds. The lowest BCUT2D eigenvalue weighted by Crippen LogP contribution is -2.11. The number of aromatic nitrogens is 1. The van der Waals surface area contributed by atoms with Gasteiger partial charge in [0.15, 0.2) is 0 Å². The van der Waals surface area contributed by atoms with Gasteiger partial charge in [0.25, 0.3) is 0 Å². The van der Waals surface area contributed by atoms with Crippen LogP contribution in [-0.4, -0.2) is 18.9 Å². The maximum absolute atomic E-state index is 5.56. The molecule has 0 aliphatic carbocycles. The van der Waals surface area contributed by atoms with Crippen LogP contribution in [0.5, 0.6) is 5.75 Å². The van der Waals surface area contributed by atoms with Crippen LogP contribution in [0, 0.1) is 6.92 Å². The second kappa shape index (κ2) is 3.61. The maximum atomic E-state index is 5.56. The van der Waals surface area contributed by atoms with Crippen LogP contribution < -0.4 is 10.2 Å². The number of pyridine rings is 1. The van der Waals surface area contributed by atoms with Crippen molar-refractivity contribution >= 4 is 13.3 Å². The van der Waals surface area contributed by atoms with E-state index in [2.05, 4.69) is 4.98 Å². The summed E-state index contributed by atoms with van der Waals surface area (Å²) in [6.45, 7) is 5.85. The van der Waals surface area contributed by atoms with E-state index in [1.54, 1.807) is 12.3 Å². The first kappa shape index (κ1) is 9.11. The Bertz CT molecular complexity index is 273. The number of hydrogen-bond acceptors (Lipinski definition) is 2. The van der Waals surface area contributed by atoms with E-state index in [9.17, 15) is 0 Å². The van der Waals surface area contributed by atoms with Gasteiger partial charge in [-0.15, -0.1) is 0 Å². The highest BCUT2D eigenvalue weighted by atomic mass is 16.5. The first-order chi connectivity index (χ1) is 5.59. The third-order valence-electron chi connectivity index (χ3n) is 1.42. The molecule has 0 aliphatic heterocycles. The second-order valence-electron chi connectivity index (χ2n) is 3.02. The van der Waals surface area contributed by atoms with E-state index in [0.717, 1.165) is 11.4 Å². The van der Waals surface area contributed by atoms with Crippen LogP contribution >= 0.6 is 0 Å². The molecule has 0 fully saturated rings. The smallest absolute Gasteiger partial charge is 0.140 e. The second-order valence-corrected chi connectivity index (χ2v) is 3.02. The van der Waals surface area contributed by atoms with Gasteiger partial charge in [-0.05, 0) is 26.8 Å². The Hall–Kier alpha value is -0.985. The van der Waals surface area contributed by atoms with Crippen LogP contribution in [0.2, 0.25) is 0 Å². The molecule has 0 atom stereocenters. The van der Waals surface area contributed by atoms with Gasteiger partial charge in [0.05, 0.1) is 11.8 Å². The van der Waals surface area contributed by atoms with Crippen LogP contribution in [0.4, 0.5) is 0 Å². The van der Waals surface area contributed by atoms with Crippen molar-refractivity contribution in [1.82, 2.24) is 4.98 Å². The molecule has 12 heavy (non-hydrogen) atoms. The highest BCUT2D eigenvalue weighted by Crippen LogP contribution is 2.13. The summed E-state index contributed by atoms with van der Waals surface area (Å²) in [6, 6.07) is 1.79. The Morgan fingerprint density at radius 3 is 2.75 bits per heavy atom. The third kappa shape index (κ3) is 2.26. The summed E-state index contributed by atoms with van der Waals surface area (Å²) in [7, 11) is 5.56. The van der Waals surface area contributed by atoms with E-state index in [4.69, 9.17) is 12.6 Å². The normalized spacial score (nSPS) is 10.3. The minimum atomic E-state index is 0.160. The molecule has 2 nitrogen and oxygen atoms in total. The van der Waals surface area contributed by atoms with Crippen molar-refractivity contribution in [3.63, 3.8) is 0 Å². The lowest BCUT2D eigenvalue weighted by atomic mass is 9.98. The lowest BCUT2D eigenvalue weighted by Gasteiger charge is -2.11. The molecule has 62 valence electrons. The van der Waals surface area contributed by atoms with E-state index in [0.29, 0.717) is 5.46 Å². The molecule has 0 saturated heterocycles. The van der Waals surface area contributed by atoms with Crippen LogP contribution in [-0.2, 0) is 0 Å². The molecule has 0 spiro atoms. The summed E-state index contributed by atoms with van der Waals surface area (Å²) in [5.74, 6) is 0.769. The zero-order chi connectivity index (χ0) is 9.14. The van der Waals surface area contributed by atoms with E-state index >= 15 is 0 Å². The van der Waals surface area contributed by atoms with E-state index in [1.165, 1.54) is 0 Å². The topological polar surface area (TPSA) is 22.1 Å². The van der Waals surface area contributed by atoms with Crippen molar-refractivity contribution in [2.45, 2.75) is 26.9 Å². The molecule has 1 rings (SSSR count). The van der Waals surface area contributed by atoms with Crippen LogP contribution in [0.15, 0.2) is 12.3 Å². The summed E-state index contributed by atoms with van der Waals surface area (Å²) < 4.78 is 5.48. The number of nitrogens with zero attached hydrogens (tertiary/aromatic N) is 1. The molecule has 0 bridgehead atoms. The van der Waals surface area contributed by atoms with Crippen molar-refractivity contribution in [2.75, 3.05) is 0 Å². The minimum absolute atomic E-state index is 0.160. The predicted octanol–water partition coefficient (Wildman–Crippen LogP) is 0.971. The van der Waals surface area contributed by atoms with Gasteiger partial charge in [-0.1, -0.05) is 5.46 Å². The van der Waals surface area contributed by atoms with Crippen molar-refractivity contribution < 1.29 is 4.74 Å². The summed E-state index contributed by atoms with van der Waals surface area (Å²) >= 11 is 0. The Balaban J connectivity index is 2.90. The van der Waals surface area contributed by atoms with E-state index < -0.39 is 0 Å². The average Bonchev–Trinajstić information content (AvgIpc) is 1.96. The molecular formula is C9H12BNO.